The molecule has 0 unspecified atom stereocenters. The molecule has 6 heteroatoms. The summed E-state index contributed by atoms with van der Waals surface area (Å²) in [6.07, 6.45) is 2.01. The zero-order chi connectivity index (χ0) is 14.5. The lowest BCUT2D eigenvalue weighted by Gasteiger charge is -2.01. The van der Waals surface area contributed by atoms with Crippen LogP contribution in [0.25, 0.3) is 5.76 Å². The minimum atomic E-state index is -1.63. The van der Waals surface area contributed by atoms with Crippen LogP contribution in [0.5, 0.6) is 0 Å². The van der Waals surface area contributed by atoms with Crippen LogP contribution in [0.4, 0.5) is 0 Å². The molecular weight excluding hydrogens is 280 g/mol. The molecule has 20 heavy (non-hydrogen) atoms. The Bertz CT molecular complexity index is 657. The summed E-state index contributed by atoms with van der Waals surface area (Å²) < 4.78 is 5.24. The second kappa shape index (κ2) is 6.12. The van der Waals surface area contributed by atoms with E-state index in [0.29, 0.717) is 11.2 Å². The van der Waals surface area contributed by atoms with Crippen LogP contribution in [0.1, 0.15) is 5.56 Å². The molecule has 102 valence electrons. The third-order valence-corrected chi connectivity index (χ3v) is 3.35. The Morgan fingerprint density at radius 1 is 1.10 bits per heavy atom. The molecule has 0 amide bonds. The second-order valence-electron chi connectivity index (χ2n) is 3.74. The van der Waals surface area contributed by atoms with Crippen LogP contribution in [0, 0.1) is 0 Å². The van der Waals surface area contributed by atoms with Gasteiger partial charge in [0.05, 0.1) is 11.8 Å². The van der Waals surface area contributed by atoms with E-state index in [1.54, 1.807) is 0 Å². The summed E-state index contributed by atoms with van der Waals surface area (Å²) in [4.78, 5) is 22.4. The number of hydrogen-bond donors (Lipinski definition) is 2. The fraction of sp³-hybridized carbons (Fsp3) is 0. The van der Waals surface area contributed by atoms with Crippen molar-refractivity contribution in [2.75, 3.05) is 0 Å². The van der Waals surface area contributed by atoms with Crippen molar-refractivity contribution in [2.24, 2.45) is 0 Å². The number of ketones is 1. The van der Waals surface area contributed by atoms with Gasteiger partial charge in [0.25, 0.3) is 5.78 Å². The average Bonchev–Trinajstić information content (AvgIpc) is 2.88. The van der Waals surface area contributed by atoms with Gasteiger partial charge in [0.2, 0.25) is 0 Å². The van der Waals surface area contributed by atoms with Gasteiger partial charge in [-0.1, -0.05) is 30.0 Å². The van der Waals surface area contributed by atoms with E-state index in [0.717, 1.165) is 4.90 Å². The van der Waals surface area contributed by atoms with Crippen LogP contribution >= 0.6 is 11.8 Å². The minimum absolute atomic E-state index is 0.272. The molecule has 2 aromatic rings. The van der Waals surface area contributed by atoms with E-state index in [9.17, 15) is 14.7 Å². The molecule has 2 rings (SSSR count). The summed E-state index contributed by atoms with van der Waals surface area (Å²) in [5.41, 5.74) is 0.272. The number of carboxylic acid groups (broad SMARTS) is 1. The number of aliphatic hydroxyl groups excluding tert-OH is 1. The number of aliphatic carboxylic acids is 1. The average molecular weight is 290 g/mol. The number of carbonyl (C=O) groups is 2. The minimum Gasteiger partial charge on any atom is -0.507 e. The highest BCUT2D eigenvalue weighted by Crippen LogP contribution is 2.33. The maximum Gasteiger partial charge on any atom is 0.376 e. The molecule has 2 N–H and O–H groups in total. The quantitative estimate of drug-likeness (QED) is 0.500. The van der Waals surface area contributed by atoms with Gasteiger partial charge in [0, 0.05) is 11.0 Å². The maximum absolute atomic E-state index is 11.0. The number of furan rings is 1. The van der Waals surface area contributed by atoms with Gasteiger partial charge in [-0.25, -0.2) is 4.79 Å². The van der Waals surface area contributed by atoms with Gasteiger partial charge >= 0.3 is 5.97 Å². The first-order valence-corrected chi connectivity index (χ1v) is 6.38. The van der Waals surface area contributed by atoms with Crippen molar-refractivity contribution in [3.8, 4) is 0 Å². The summed E-state index contributed by atoms with van der Waals surface area (Å²) >= 11 is 1.26. The number of hydrogen-bond acceptors (Lipinski definition) is 5. The largest absolute Gasteiger partial charge is 0.507 e. The molecule has 1 heterocycles. The van der Waals surface area contributed by atoms with E-state index in [1.807, 2.05) is 30.3 Å². The molecule has 0 bridgehead atoms. The van der Waals surface area contributed by atoms with Gasteiger partial charge in [0.15, 0.2) is 5.09 Å². The SMILES string of the molecule is O=C(O)C(=O)C=C(O)c1ccoc1Sc1ccccc1. The lowest BCUT2D eigenvalue weighted by atomic mass is 10.2. The Labute approximate surface area is 118 Å². The molecular formula is C14H10O5S. The van der Waals surface area contributed by atoms with Crippen LogP contribution in [-0.4, -0.2) is 22.0 Å². The maximum atomic E-state index is 11.0. The molecule has 0 fully saturated rings. The molecule has 0 aliphatic rings. The van der Waals surface area contributed by atoms with Gasteiger partial charge in [-0.15, -0.1) is 0 Å². The standard InChI is InChI=1S/C14H10O5S/c15-11(8-12(16)13(17)18)10-6-7-19-14(10)20-9-4-2-1-3-5-9/h1-8,15H,(H,17,18). The van der Waals surface area contributed by atoms with Crippen molar-refractivity contribution >= 4 is 29.3 Å². The van der Waals surface area contributed by atoms with Crippen molar-refractivity contribution in [2.45, 2.75) is 9.99 Å². The molecule has 0 atom stereocenters. The van der Waals surface area contributed by atoms with Crippen molar-refractivity contribution in [1.82, 2.24) is 0 Å². The van der Waals surface area contributed by atoms with Crippen LogP contribution in [0.2, 0.25) is 0 Å². The Morgan fingerprint density at radius 2 is 1.80 bits per heavy atom. The van der Waals surface area contributed by atoms with Crippen molar-refractivity contribution in [1.29, 1.82) is 0 Å². The van der Waals surface area contributed by atoms with Crippen LogP contribution in [0.15, 0.2) is 63.1 Å². The number of rotatable bonds is 5. The highest BCUT2D eigenvalue weighted by Gasteiger charge is 2.15. The third kappa shape index (κ3) is 3.30. The van der Waals surface area contributed by atoms with Crippen molar-refractivity contribution in [3.05, 3.63) is 54.3 Å². The van der Waals surface area contributed by atoms with Gasteiger partial charge in [-0.3, -0.25) is 4.79 Å². The Kier molecular flexibility index (Phi) is 4.27. The molecule has 5 nitrogen and oxygen atoms in total. The summed E-state index contributed by atoms with van der Waals surface area (Å²) in [5.74, 6) is -3.26. The van der Waals surface area contributed by atoms with E-state index in [4.69, 9.17) is 9.52 Å². The van der Waals surface area contributed by atoms with E-state index >= 15 is 0 Å². The van der Waals surface area contributed by atoms with E-state index in [-0.39, 0.29) is 5.56 Å². The topological polar surface area (TPSA) is 87.7 Å². The fourth-order valence-electron chi connectivity index (χ4n) is 1.42. The number of benzene rings is 1. The predicted molar refractivity (Wildman–Crippen MR) is 72.5 cm³/mol. The van der Waals surface area contributed by atoms with Crippen molar-refractivity contribution in [3.63, 3.8) is 0 Å². The van der Waals surface area contributed by atoms with E-state index in [1.165, 1.54) is 24.1 Å². The lowest BCUT2D eigenvalue weighted by molar-refractivity contribution is -0.146. The first-order valence-electron chi connectivity index (χ1n) is 5.56. The Balaban J connectivity index is 2.25. The Hall–Kier alpha value is -2.47. The molecule has 0 saturated carbocycles. The zero-order valence-electron chi connectivity index (χ0n) is 10.1. The number of carbonyl (C=O) groups excluding carboxylic acids is 1. The second-order valence-corrected chi connectivity index (χ2v) is 4.78. The molecule has 0 aliphatic heterocycles. The number of carboxylic acids is 1. The normalized spacial score (nSPS) is 11.3. The Morgan fingerprint density at radius 3 is 2.45 bits per heavy atom. The molecule has 0 aliphatic carbocycles. The summed E-state index contributed by atoms with van der Waals surface area (Å²) in [6, 6.07) is 10.8. The van der Waals surface area contributed by atoms with Crippen LogP contribution in [-0.2, 0) is 9.59 Å². The smallest absolute Gasteiger partial charge is 0.376 e. The number of aliphatic hydroxyl groups is 1. The van der Waals surface area contributed by atoms with Crippen LogP contribution < -0.4 is 0 Å². The first kappa shape index (κ1) is 14.0. The van der Waals surface area contributed by atoms with E-state index < -0.39 is 17.5 Å². The molecule has 1 aromatic heterocycles. The zero-order valence-corrected chi connectivity index (χ0v) is 11.0. The van der Waals surface area contributed by atoms with Gasteiger partial charge in [-0.05, 0) is 18.2 Å². The summed E-state index contributed by atoms with van der Waals surface area (Å²) in [6.45, 7) is 0. The fourth-order valence-corrected chi connectivity index (χ4v) is 2.32. The first-order chi connectivity index (χ1) is 9.58. The van der Waals surface area contributed by atoms with Crippen LogP contribution in [0.3, 0.4) is 0 Å². The van der Waals surface area contributed by atoms with Gasteiger partial charge < -0.3 is 14.6 Å². The highest BCUT2D eigenvalue weighted by atomic mass is 32.2. The monoisotopic (exact) mass is 290 g/mol. The predicted octanol–water partition coefficient (Wildman–Crippen LogP) is 2.98. The summed E-state index contributed by atoms with van der Waals surface area (Å²) in [5, 5.41) is 18.7. The molecule has 0 saturated heterocycles. The van der Waals surface area contributed by atoms with Gasteiger partial charge in [0.1, 0.15) is 5.76 Å². The van der Waals surface area contributed by atoms with Gasteiger partial charge in [-0.2, -0.15) is 0 Å². The van der Waals surface area contributed by atoms with E-state index in [2.05, 4.69) is 0 Å². The molecule has 0 spiro atoms. The lowest BCUT2D eigenvalue weighted by Crippen LogP contribution is -2.09. The highest BCUT2D eigenvalue weighted by molar-refractivity contribution is 7.99. The van der Waals surface area contributed by atoms with Crippen molar-refractivity contribution < 1.29 is 24.2 Å². The molecule has 0 radical (unpaired) electrons. The third-order valence-electron chi connectivity index (χ3n) is 2.34. The molecule has 1 aromatic carbocycles. The summed E-state index contributed by atoms with van der Waals surface area (Å²) in [7, 11) is 0.